The molecule has 16 heavy (non-hydrogen) atoms. The third kappa shape index (κ3) is 2.35. The lowest BCUT2D eigenvalue weighted by Gasteiger charge is -2.32. The Morgan fingerprint density at radius 1 is 1.44 bits per heavy atom. The molecule has 1 aliphatic rings. The fraction of sp³-hybridized carbons (Fsp3) is 0.500. The van der Waals surface area contributed by atoms with Gasteiger partial charge in [-0.3, -0.25) is 9.78 Å². The van der Waals surface area contributed by atoms with Crippen molar-refractivity contribution >= 4 is 23.1 Å². The zero-order valence-electron chi connectivity index (χ0n) is 9.32. The quantitative estimate of drug-likeness (QED) is 0.794. The molecule has 86 valence electrons. The normalized spacial score (nSPS) is 17.5. The van der Waals surface area contributed by atoms with Crippen LogP contribution in [-0.2, 0) is 4.79 Å². The molecule has 0 atom stereocenters. The maximum Gasteiger partial charge on any atom is 0.133 e. The van der Waals surface area contributed by atoms with E-state index in [1.807, 2.05) is 13.1 Å². The van der Waals surface area contributed by atoms with E-state index in [1.54, 1.807) is 12.4 Å². The van der Waals surface area contributed by atoms with Crippen molar-refractivity contribution < 1.29 is 4.79 Å². The fourth-order valence-electron chi connectivity index (χ4n) is 2.16. The molecule has 0 saturated heterocycles. The molecule has 0 radical (unpaired) electrons. The van der Waals surface area contributed by atoms with E-state index < -0.39 is 0 Å². The van der Waals surface area contributed by atoms with Crippen LogP contribution in [0.4, 0.5) is 5.69 Å². The van der Waals surface area contributed by atoms with E-state index in [0.29, 0.717) is 29.7 Å². The summed E-state index contributed by atoms with van der Waals surface area (Å²) < 4.78 is 0. The Kier molecular flexibility index (Phi) is 3.44. The van der Waals surface area contributed by atoms with Crippen molar-refractivity contribution in [1.29, 1.82) is 0 Å². The number of carbonyl (C=O) groups excluding carboxylic acids is 1. The topological polar surface area (TPSA) is 33.2 Å². The first-order chi connectivity index (χ1) is 7.68. The zero-order valence-corrected chi connectivity index (χ0v) is 10.1. The second-order valence-electron chi connectivity index (χ2n) is 4.21. The molecule has 1 saturated carbocycles. The summed E-state index contributed by atoms with van der Waals surface area (Å²) in [4.78, 5) is 17.3. The van der Waals surface area contributed by atoms with Crippen LogP contribution < -0.4 is 4.90 Å². The van der Waals surface area contributed by atoms with E-state index >= 15 is 0 Å². The number of rotatable bonds is 2. The van der Waals surface area contributed by atoms with Crippen molar-refractivity contribution in [2.24, 2.45) is 0 Å². The van der Waals surface area contributed by atoms with Gasteiger partial charge in [0.2, 0.25) is 0 Å². The molecule has 4 heteroatoms. The highest BCUT2D eigenvalue weighted by Gasteiger charge is 2.23. The number of halogens is 1. The monoisotopic (exact) mass is 238 g/mol. The molecule has 0 aliphatic heterocycles. The van der Waals surface area contributed by atoms with Crippen molar-refractivity contribution in [2.45, 2.75) is 31.7 Å². The summed E-state index contributed by atoms with van der Waals surface area (Å²) in [5.74, 6) is 0.380. The predicted octanol–water partition coefficient (Wildman–Crippen LogP) is 2.68. The first-order valence-electron chi connectivity index (χ1n) is 5.52. The third-order valence-corrected chi connectivity index (χ3v) is 3.48. The number of carbonyl (C=O) groups is 1. The van der Waals surface area contributed by atoms with Gasteiger partial charge < -0.3 is 4.90 Å². The summed E-state index contributed by atoms with van der Waals surface area (Å²) >= 11 is 6.10. The summed E-state index contributed by atoms with van der Waals surface area (Å²) in [6, 6.07) is 2.33. The van der Waals surface area contributed by atoms with Crippen molar-refractivity contribution in [3.63, 3.8) is 0 Å². The highest BCUT2D eigenvalue weighted by molar-refractivity contribution is 6.33. The average Bonchev–Trinajstić information content (AvgIpc) is 2.30. The summed E-state index contributed by atoms with van der Waals surface area (Å²) in [6.07, 6.45) is 6.63. The lowest BCUT2D eigenvalue weighted by molar-refractivity contribution is -0.120. The van der Waals surface area contributed by atoms with E-state index in [-0.39, 0.29) is 0 Å². The van der Waals surface area contributed by atoms with Crippen LogP contribution in [0.3, 0.4) is 0 Å². The number of aromatic nitrogens is 1. The molecule has 1 aromatic heterocycles. The standard InChI is InChI=1S/C12H15ClN2O/c1-15(9-2-4-10(16)5-3-9)12-6-7-14-8-11(12)13/h6-9H,2-5H2,1H3. The molecule has 0 unspecified atom stereocenters. The molecule has 0 bridgehead atoms. The van der Waals surface area contributed by atoms with Gasteiger partial charge in [0.25, 0.3) is 0 Å². The second kappa shape index (κ2) is 4.83. The molecule has 0 aromatic carbocycles. The van der Waals surface area contributed by atoms with Gasteiger partial charge in [-0.25, -0.2) is 0 Å². The summed E-state index contributed by atoms with van der Waals surface area (Å²) in [5.41, 5.74) is 0.996. The molecule has 3 nitrogen and oxygen atoms in total. The van der Waals surface area contributed by atoms with Crippen LogP contribution in [0.2, 0.25) is 5.02 Å². The Morgan fingerprint density at radius 3 is 2.75 bits per heavy atom. The van der Waals surface area contributed by atoms with Crippen LogP contribution in [-0.4, -0.2) is 23.9 Å². The van der Waals surface area contributed by atoms with E-state index in [0.717, 1.165) is 18.5 Å². The molecule has 0 N–H and O–H groups in total. The van der Waals surface area contributed by atoms with Crippen molar-refractivity contribution in [1.82, 2.24) is 4.98 Å². The van der Waals surface area contributed by atoms with E-state index in [1.165, 1.54) is 0 Å². The number of Topliss-reactive ketones (excluding diaryl/α,β-unsaturated/α-hetero) is 1. The molecule has 0 amide bonds. The van der Waals surface area contributed by atoms with Crippen LogP contribution in [0.25, 0.3) is 0 Å². The Hall–Kier alpha value is -1.09. The maximum absolute atomic E-state index is 11.2. The lowest BCUT2D eigenvalue weighted by atomic mass is 9.93. The van der Waals surface area contributed by atoms with Gasteiger partial charge in [0, 0.05) is 38.3 Å². The summed E-state index contributed by atoms with van der Waals surface area (Å²) in [6.45, 7) is 0. The Balaban J connectivity index is 2.10. The number of pyridine rings is 1. The smallest absolute Gasteiger partial charge is 0.133 e. The van der Waals surface area contributed by atoms with Gasteiger partial charge in [-0.15, -0.1) is 0 Å². The predicted molar refractivity (Wildman–Crippen MR) is 64.9 cm³/mol. The number of anilines is 1. The molecule has 0 spiro atoms. The Bertz CT molecular complexity index is 384. The molecular formula is C12H15ClN2O. The van der Waals surface area contributed by atoms with E-state index in [9.17, 15) is 4.79 Å². The van der Waals surface area contributed by atoms with Gasteiger partial charge in [-0.05, 0) is 18.9 Å². The number of hydrogen-bond donors (Lipinski definition) is 0. The van der Waals surface area contributed by atoms with Crippen LogP contribution >= 0.6 is 11.6 Å². The van der Waals surface area contributed by atoms with E-state index in [2.05, 4.69) is 9.88 Å². The second-order valence-corrected chi connectivity index (χ2v) is 4.62. The molecule has 1 fully saturated rings. The summed E-state index contributed by atoms with van der Waals surface area (Å²) in [7, 11) is 2.03. The average molecular weight is 239 g/mol. The molecule has 1 aromatic rings. The van der Waals surface area contributed by atoms with E-state index in [4.69, 9.17) is 11.6 Å². The molecule has 1 heterocycles. The highest BCUT2D eigenvalue weighted by atomic mass is 35.5. The van der Waals surface area contributed by atoms with Gasteiger partial charge in [0.05, 0.1) is 10.7 Å². The van der Waals surface area contributed by atoms with Gasteiger partial charge >= 0.3 is 0 Å². The van der Waals surface area contributed by atoms with Crippen LogP contribution in [0.15, 0.2) is 18.5 Å². The van der Waals surface area contributed by atoms with Gasteiger partial charge in [0.15, 0.2) is 0 Å². The van der Waals surface area contributed by atoms with Gasteiger partial charge in [-0.2, -0.15) is 0 Å². The summed E-state index contributed by atoms with van der Waals surface area (Å²) in [5, 5.41) is 0.668. The van der Waals surface area contributed by atoms with Crippen LogP contribution in [0, 0.1) is 0 Å². The van der Waals surface area contributed by atoms with Crippen molar-refractivity contribution in [3.8, 4) is 0 Å². The zero-order chi connectivity index (χ0) is 11.5. The Morgan fingerprint density at radius 2 is 2.12 bits per heavy atom. The SMILES string of the molecule is CN(c1ccncc1Cl)C1CCC(=O)CC1. The van der Waals surface area contributed by atoms with Crippen molar-refractivity contribution in [3.05, 3.63) is 23.5 Å². The van der Waals surface area contributed by atoms with Gasteiger partial charge in [0.1, 0.15) is 5.78 Å². The first kappa shape index (κ1) is 11.4. The number of nitrogens with zero attached hydrogens (tertiary/aromatic N) is 2. The first-order valence-corrected chi connectivity index (χ1v) is 5.90. The Labute approximate surface area is 100 Å². The lowest BCUT2D eigenvalue weighted by Crippen LogP contribution is -2.35. The maximum atomic E-state index is 11.2. The molecule has 2 rings (SSSR count). The largest absolute Gasteiger partial charge is 0.370 e. The number of hydrogen-bond acceptors (Lipinski definition) is 3. The minimum Gasteiger partial charge on any atom is -0.370 e. The van der Waals surface area contributed by atoms with Crippen LogP contribution in [0.5, 0.6) is 0 Å². The fourth-order valence-corrected chi connectivity index (χ4v) is 2.42. The minimum atomic E-state index is 0.380. The third-order valence-electron chi connectivity index (χ3n) is 3.19. The molecular weight excluding hydrogens is 224 g/mol. The minimum absolute atomic E-state index is 0.380. The molecule has 1 aliphatic carbocycles. The van der Waals surface area contributed by atoms with Crippen molar-refractivity contribution in [2.75, 3.05) is 11.9 Å². The highest BCUT2D eigenvalue weighted by Crippen LogP contribution is 2.29. The van der Waals surface area contributed by atoms with Gasteiger partial charge in [-0.1, -0.05) is 11.6 Å². The number of ketones is 1. The van der Waals surface area contributed by atoms with Crippen LogP contribution in [0.1, 0.15) is 25.7 Å².